The fourth-order valence-electron chi connectivity index (χ4n) is 3.19. The van der Waals surface area contributed by atoms with Crippen LogP contribution in [0.5, 0.6) is 5.75 Å². The Kier molecular flexibility index (Phi) is 4.88. The van der Waals surface area contributed by atoms with Crippen molar-refractivity contribution < 1.29 is 19.4 Å². The van der Waals surface area contributed by atoms with Crippen LogP contribution in [-0.2, 0) is 6.42 Å². The summed E-state index contributed by atoms with van der Waals surface area (Å²) in [6, 6.07) is 7.59. The molecule has 0 aliphatic carbocycles. The number of nitro groups is 2. The molecule has 0 bridgehead atoms. The van der Waals surface area contributed by atoms with Gasteiger partial charge in [-0.2, -0.15) is 0 Å². The van der Waals surface area contributed by atoms with E-state index in [0.717, 1.165) is 35.4 Å². The van der Waals surface area contributed by atoms with Crippen molar-refractivity contribution >= 4 is 33.8 Å². The molecular weight excluding hydrogens is 412 g/mol. The summed E-state index contributed by atoms with van der Waals surface area (Å²) in [7, 11) is 0. The van der Waals surface area contributed by atoms with E-state index in [0.29, 0.717) is 12.3 Å². The Balaban J connectivity index is 1.61. The van der Waals surface area contributed by atoms with Gasteiger partial charge in [-0.1, -0.05) is 0 Å². The molecule has 30 heavy (non-hydrogen) atoms. The third kappa shape index (κ3) is 3.57. The quantitative estimate of drug-likeness (QED) is 0.478. The third-order valence-corrected chi connectivity index (χ3v) is 5.48. The molecule has 0 atom stereocenters. The van der Waals surface area contributed by atoms with E-state index in [1.54, 1.807) is 5.38 Å². The highest BCUT2D eigenvalue weighted by Crippen LogP contribution is 2.33. The fourth-order valence-corrected chi connectivity index (χ4v) is 3.90. The summed E-state index contributed by atoms with van der Waals surface area (Å²) in [5.41, 5.74) is 1.49. The molecule has 1 aliphatic heterocycles. The van der Waals surface area contributed by atoms with Crippen LogP contribution in [-0.4, -0.2) is 27.3 Å². The largest absolute Gasteiger partial charge is 0.493 e. The van der Waals surface area contributed by atoms with Crippen molar-refractivity contribution in [3.05, 3.63) is 72.6 Å². The van der Waals surface area contributed by atoms with Crippen molar-refractivity contribution in [1.82, 2.24) is 4.98 Å². The number of aromatic nitrogens is 1. The Bertz CT molecular complexity index is 1210. The predicted molar refractivity (Wildman–Crippen MR) is 109 cm³/mol. The van der Waals surface area contributed by atoms with E-state index in [1.165, 1.54) is 18.3 Å². The maximum atomic E-state index is 12.7. The lowest BCUT2D eigenvalue weighted by molar-refractivity contribution is -0.394. The average molecular weight is 426 g/mol. The zero-order valence-electron chi connectivity index (χ0n) is 15.6. The molecule has 4 rings (SSSR count). The lowest BCUT2D eigenvalue weighted by Gasteiger charge is -2.06. The monoisotopic (exact) mass is 426 g/mol. The minimum Gasteiger partial charge on any atom is -0.493 e. The number of ether oxygens (including phenoxy) is 1. The van der Waals surface area contributed by atoms with Crippen molar-refractivity contribution in [2.45, 2.75) is 13.3 Å². The zero-order valence-corrected chi connectivity index (χ0v) is 16.4. The molecule has 0 saturated carbocycles. The normalized spacial score (nSPS) is 12.2. The molecule has 0 radical (unpaired) electrons. The summed E-state index contributed by atoms with van der Waals surface area (Å²) in [5, 5.41) is 26.9. The number of non-ortho nitro benzene ring substituents is 1. The number of nitro benzene ring substituents is 2. The second kappa shape index (κ2) is 7.52. The number of benzene rings is 2. The van der Waals surface area contributed by atoms with Crippen LogP contribution >= 0.6 is 11.3 Å². The maximum Gasteiger partial charge on any atom is 0.279 e. The highest BCUT2D eigenvalue weighted by Gasteiger charge is 2.25. The van der Waals surface area contributed by atoms with Crippen molar-refractivity contribution in [3.63, 3.8) is 0 Å². The second-order valence-corrected chi connectivity index (χ2v) is 7.42. The molecule has 10 nitrogen and oxygen atoms in total. The van der Waals surface area contributed by atoms with Gasteiger partial charge in [-0.05, 0) is 30.7 Å². The van der Waals surface area contributed by atoms with Gasteiger partial charge in [0.15, 0.2) is 5.13 Å². The van der Waals surface area contributed by atoms with Gasteiger partial charge in [0.05, 0.1) is 33.8 Å². The van der Waals surface area contributed by atoms with Crippen LogP contribution in [0.3, 0.4) is 0 Å². The number of rotatable bonds is 5. The number of hydrogen-bond donors (Lipinski definition) is 1. The number of fused-ring (bicyclic) bond motifs is 1. The first-order valence-corrected chi connectivity index (χ1v) is 9.68. The van der Waals surface area contributed by atoms with Gasteiger partial charge in [-0.3, -0.25) is 30.3 Å². The van der Waals surface area contributed by atoms with Gasteiger partial charge in [0.1, 0.15) is 5.75 Å². The fraction of sp³-hybridized carbons (Fsp3) is 0.158. The minimum absolute atomic E-state index is 0.0403. The van der Waals surface area contributed by atoms with Gasteiger partial charge in [-0.25, -0.2) is 4.98 Å². The van der Waals surface area contributed by atoms with E-state index >= 15 is 0 Å². The molecule has 0 unspecified atom stereocenters. The van der Waals surface area contributed by atoms with E-state index in [4.69, 9.17) is 4.74 Å². The van der Waals surface area contributed by atoms with Gasteiger partial charge < -0.3 is 4.74 Å². The molecule has 2 aromatic carbocycles. The van der Waals surface area contributed by atoms with Crippen molar-refractivity contribution in [3.8, 4) is 17.0 Å². The first-order valence-electron chi connectivity index (χ1n) is 8.80. The van der Waals surface area contributed by atoms with Gasteiger partial charge in [0.2, 0.25) is 0 Å². The van der Waals surface area contributed by atoms with Crippen molar-refractivity contribution in [2.75, 3.05) is 11.9 Å². The molecule has 0 saturated heterocycles. The van der Waals surface area contributed by atoms with Crippen LogP contribution in [0.15, 0.2) is 35.7 Å². The smallest absolute Gasteiger partial charge is 0.279 e. The van der Waals surface area contributed by atoms with E-state index in [1.807, 2.05) is 18.2 Å². The Morgan fingerprint density at radius 1 is 1.20 bits per heavy atom. The van der Waals surface area contributed by atoms with E-state index in [2.05, 4.69) is 10.3 Å². The summed E-state index contributed by atoms with van der Waals surface area (Å²) in [6.07, 6.45) is 0.821. The lowest BCUT2D eigenvalue weighted by Crippen LogP contribution is -2.14. The van der Waals surface area contributed by atoms with Crippen LogP contribution in [0.25, 0.3) is 11.3 Å². The van der Waals surface area contributed by atoms with Gasteiger partial charge in [0, 0.05) is 29.0 Å². The number of carbonyl (C=O) groups is 1. The molecule has 1 N–H and O–H groups in total. The first kappa shape index (κ1) is 19.5. The van der Waals surface area contributed by atoms with Crippen LogP contribution in [0.1, 0.15) is 21.5 Å². The summed E-state index contributed by atoms with van der Waals surface area (Å²) in [6.45, 7) is 2.02. The van der Waals surface area contributed by atoms with E-state index in [-0.39, 0.29) is 16.3 Å². The van der Waals surface area contributed by atoms with Gasteiger partial charge in [0.25, 0.3) is 17.3 Å². The van der Waals surface area contributed by atoms with Gasteiger partial charge >= 0.3 is 0 Å². The van der Waals surface area contributed by atoms with E-state index in [9.17, 15) is 25.0 Å². The zero-order chi connectivity index (χ0) is 21.4. The first-order chi connectivity index (χ1) is 14.3. The second-order valence-electron chi connectivity index (χ2n) is 6.56. The average Bonchev–Trinajstić information content (AvgIpc) is 3.36. The topological polar surface area (TPSA) is 138 Å². The van der Waals surface area contributed by atoms with Crippen LogP contribution in [0.4, 0.5) is 16.5 Å². The van der Waals surface area contributed by atoms with E-state index < -0.39 is 27.1 Å². The Morgan fingerprint density at radius 3 is 2.73 bits per heavy atom. The van der Waals surface area contributed by atoms with Gasteiger partial charge in [-0.15, -0.1) is 11.3 Å². The van der Waals surface area contributed by atoms with Crippen molar-refractivity contribution in [2.24, 2.45) is 0 Å². The predicted octanol–water partition coefficient (Wildman–Crippen LogP) is 4.12. The highest BCUT2D eigenvalue weighted by molar-refractivity contribution is 7.14. The SMILES string of the molecule is Cc1c(C(=O)Nc2nc(-c3ccc4c(c3)CCO4)cs2)cc([N+](=O)[O-])cc1[N+](=O)[O-]. The molecule has 2 heterocycles. The van der Waals surface area contributed by atoms with Crippen molar-refractivity contribution in [1.29, 1.82) is 0 Å². The summed E-state index contributed by atoms with van der Waals surface area (Å²) >= 11 is 1.19. The van der Waals surface area contributed by atoms with Crippen LogP contribution in [0.2, 0.25) is 0 Å². The summed E-state index contributed by atoms with van der Waals surface area (Å²) < 4.78 is 5.49. The molecule has 0 spiro atoms. The highest BCUT2D eigenvalue weighted by atomic mass is 32.1. The number of nitrogens with one attached hydrogen (secondary N) is 1. The molecule has 11 heteroatoms. The van der Waals surface area contributed by atoms with Crippen LogP contribution in [0, 0.1) is 27.2 Å². The number of carbonyl (C=O) groups excluding carboxylic acids is 1. The van der Waals surface area contributed by atoms with Crippen LogP contribution < -0.4 is 10.1 Å². The minimum atomic E-state index is -0.776. The Labute approximate surface area is 173 Å². The molecular formula is C19H14N4O6S. The molecule has 1 aliphatic rings. The third-order valence-electron chi connectivity index (χ3n) is 4.73. The molecule has 0 fully saturated rings. The number of thiazole rings is 1. The standard InChI is InChI=1S/C19H14N4O6S/c1-10-14(7-13(22(25)26)8-16(10)23(27)28)18(24)21-19-20-15(9-30-19)11-2-3-17-12(6-11)4-5-29-17/h2-3,6-9H,4-5H2,1H3,(H,20,21,24). The molecule has 1 aromatic heterocycles. The molecule has 1 amide bonds. The lowest BCUT2D eigenvalue weighted by atomic mass is 10.0. The maximum absolute atomic E-state index is 12.7. The Morgan fingerprint density at radius 2 is 2.00 bits per heavy atom. The number of hydrogen-bond acceptors (Lipinski definition) is 8. The summed E-state index contributed by atoms with van der Waals surface area (Å²) in [5.74, 6) is 0.146. The molecule has 152 valence electrons. The number of amides is 1. The summed E-state index contributed by atoms with van der Waals surface area (Å²) in [4.78, 5) is 37.8. The number of nitrogens with zero attached hydrogens (tertiary/aromatic N) is 3. The Hall–Kier alpha value is -3.86. The molecule has 3 aromatic rings. The number of anilines is 1.